The summed E-state index contributed by atoms with van der Waals surface area (Å²) in [6.07, 6.45) is 2.82. The van der Waals surface area contributed by atoms with Crippen LogP contribution >= 0.6 is 11.3 Å². The molecule has 190 valence electrons. The fourth-order valence-electron chi connectivity index (χ4n) is 4.77. The zero-order valence-corrected chi connectivity index (χ0v) is 22.3. The number of nitrogens with zero attached hydrogens (tertiary/aromatic N) is 3. The predicted octanol–water partition coefficient (Wildman–Crippen LogP) is 6.01. The molecule has 5 rings (SSSR count). The number of aromatic nitrogens is 1. The van der Waals surface area contributed by atoms with Crippen LogP contribution in [0.3, 0.4) is 0 Å². The minimum Gasteiger partial charge on any atom is -0.379 e. The van der Waals surface area contributed by atoms with Gasteiger partial charge in [-0.25, -0.2) is 0 Å². The van der Waals surface area contributed by atoms with Crippen LogP contribution in [0.4, 0.5) is 11.4 Å². The Balaban J connectivity index is 1.27. The van der Waals surface area contributed by atoms with E-state index in [-0.39, 0.29) is 0 Å². The molecule has 6 nitrogen and oxygen atoms in total. The Morgan fingerprint density at radius 3 is 2.76 bits per heavy atom. The number of rotatable bonds is 9. The van der Waals surface area contributed by atoms with Crippen LogP contribution in [-0.2, 0) is 11.3 Å². The van der Waals surface area contributed by atoms with Crippen molar-refractivity contribution >= 4 is 33.6 Å². The number of hydrogen-bond donors (Lipinski definition) is 2. The van der Waals surface area contributed by atoms with Crippen molar-refractivity contribution in [1.29, 1.82) is 5.26 Å². The SMILES string of the molecule is Cc1ccc(Nc2c(C#N)cnc3cc(-c4csc(CNCCCN5CCOCC5)c4)ccc23)c(C)c1. The molecule has 0 bridgehead atoms. The lowest BCUT2D eigenvalue weighted by Crippen LogP contribution is -2.37. The number of aryl methyl sites for hydroxylation is 2. The van der Waals surface area contributed by atoms with Crippen molar-refractivity contribution in [2.75, 3.05) is 44.7 Å². The van der Waals surface area contributed by atoms with E-state index in [1.807, 2.05) is 0 Å². The third-order valence-corrected chi connectivity index (χ3v) is 7.79. The molecule has 1 aliphatic rings. The average Bonchev–Trinajstić information content (AvgIpc) is 3.39. The molecule has 0 radical (unpaired) electrons. The van der Waals surface area contributed by atoms with Crippen molar-refractivity contribution in [3.8, 4) is 17.2 Å². The Morgan fingerprint density at radius 2 is 1.95 bits per heavy atom. The number of nitrogens with one attached hydrogen (secondary N) is 2. The fraction of sp³-hybridized carbons (Fsp3) is 0.333. The first-order valence-corrected chi connectivity index (χ1v) is 13.7. The Kier molecular flexibility index (Phi) is 8.12. The largest absolute Gasteiger partial charge is 0.379 e. The third kappa shape index (κ3) is 6.17. The summed E-state index contributed by atoms with van der Waals surface area (Å²) in [7, 11) is 0. The summed E-state index contributed by atoms with van der Waals surface area (Å²) < 4.78 is 5.42. The molecule has 3 heterocycles. The van der Waals surface area contributed by atoms with Gasteiger partial charge in [0.1, 0.15) is 6.07 Å². The molecule has 2 N–H and O–H groups in total. The molecule has 0 amide bonds. The van der Waals surface area contributed by atoms with Gasteiger partial charge in [0.2, 0.25) is 0 Å². The molecule has 4 aromatic rings. The van der Waals surface area contributed by atoms with Gasteiger partial charge in [-0.15, -0.1) is 11.3 Å². The van der Waals surface area contributed by atoms with Crippen molar-refractivity contribution in [1.82, 2.24) is 15.2 Å². The normalized spacial score (nSPS) is 14.1. The summed E-state index contributed by atoms with van der Waals surface area (Å²) in [6, 6.07) is 17.2. The first-order chi connectivity index (χ1) is 18.1. The van der Waals surface area contributed by atoms with E-state index in [9.17, 15) is 5.26 Å². The predicted molar refractivity (Wildman–Crippen MR) is 153 cm³/mol. The lowest BCUT2D eigenvalue weighted by atomic mass is 10.0. The maximum atomic E-state index is 9.73. The molecular weight excluding hydrogens is 478 g/mol. The number of pyridine rings is 1. The van der Waals surface area contributed by atoms with Gasteiger partial charge in [0, 0.05) is 41.8 Å². The van der Waals surface area contributed by atoms with Crippen LogP contribution in [0.1, 0.15) is 28.0 Å². The van der Waals surface area contributed by atoms with Crippen molar-refractivity contribution < 1.29 is 4.74 Å². The molecule has 0 aliphatic carbocycles. The number of anilines is 2. The lowest BCUT2D eigenvalue weighted by Gasteiger charge is -2.26. The zero-order valence-electron chi connectivity index (χ0n) is 21.5. The molecule has 1 aliphatic heterocycles. The Bertz CT molecular complexity index is 1420. The molecule has 0 saturated carbocycles. The average molecular weight is 512 g/mol. The van der Waals surface area contributed by atoms with E-state index in [1.165, 1.54) is 16.0 Å². The Labute approximate surface area is 222 Å². The van der Waals surface area contributed by atoms with Crippen LogP contribution in [0.25, 0.3) is 22.0 Å². The van der Waals surface area contributed by atoms with E-state index >= 15 is 0 Å². The molecule has 0 unspecified atom stereocenters. The van der Waals surface area contributed by atoms with Gasteiger partial charge in [0.05, 0.1) is 30.0 Å². The molecular formula is C30H33N5OS. The number of nitriles is 1. The Morgan fingerprint density at radius 1 is 1.08 bits per heavy atom. The topological polar surface area (TPSA) is 73.2 Å². The van der Waals surface area contributed by atoms with Gasteiger partial charge in [-0.1, -0.05) is 29.8 Å². The Hall–Kier alpha value is -3.28. The number of morpholine rings is 1. The van der Waals surface area contributed by atoms with Crippen molar-refractivity contribution in [2.45, 2.75) is 26.8 Å². The fourth-order valence-corrected chi connectivity index (χ4v) is 5.63. The summed E-state index contributed by atoms with van der Waals surface area (Å²) in [5.74, 6) is 0. The second kappa shape index (κ2) is 11.8. The number of fused-ring (bicyclic) bond motifs is 1. The van der Waals surface area contributed by atoms with Crippen LogP contribution in [-0.4, -0.2) is 49.3 Å². The van der Waals surface area contributed by atoms with Gasteiger partial charge in [0.25, 0.3) is 0 Å². The maximum Gasteiger partial charge on any atom is 0.103 e. The van der Waals surface area contributed by atoms with Gasteiger partial charge in [-0.2, -0.15) is 5.26 Å². The van der Waals surface area contributed by atoms with E-state index in [2.05, 4.69) is 88.3 Å². The van der Waals surface area contributed by atoms with Crippen LogP contribution in [0.5, 0.6) is 0 Å². The van der Waals surface area contributed by atoms with Crippen LogP contribution in [0, 0.1) is 25.2 Å². The molecule has 37 heavy (non-hydrogen) atoms. The number of hydrogen-bond acceptors (Lipinski definition) is 7. The molecule has 1 saturated heterocycles. The molecule has 1 fully saturated rings. The van der Waals surface area contributed by atoms with Crippen LogP contribution in [0.2, 0.25) is 0 Å². The van der Waals surface area contributed by atoms with Gasteiger partial charge in [-0.3, -0.25) is 9.88 Å². The highest BCUT2D eigenvalue weighted by Gasteiger charge is 2.13. The molecule has 0 atom stereocenters. The zero-order chi connectivity index (χ0) is 25.6. The number of benzene rings is 2. The van der Waals surface area contributed by atoms with Gasteiger partial charge < -0.3 is 15.4 Å². The maximum absolute atomic E-state index is 9.73. The van der Waals surface area contributed by atoms with Gasteiger partial charge in [-0.05, 0) is 73.6 Å². The number of ether oxygens (including phenoxy) is 1. The van der Waals surface area contributed by atoms with Gasteiger partial charge in [0.15, 0.2) is 0 Å². The molecule has 2 aromatic carbocycles. The van der Waals surface area contributed by atoms with Crippen LogP contribution in [0.15, 0.2) is 54.0 Å². The number of thiophene rings is 1. The van der Waals surface area contributed by atoms with E-state index in [0.29, 0.717) is 5.56 Å². The summed E-state index contributed by atoms with van der Waals surface area (Å²) in [6.45, 7) is 11.0. The smallest absolute Gasteiger partial charge is 0.103 e. The summed E-state index contributed by atoms with van der Waals surface area (Å²) in [5, 5.41) is 20.0. The molecule has 7 heteroatoms. The second-order valence-corrected chi connectivity index (χ2v) is 10.6. The monoisotopic (exact) mass is 511 g/mol. The van der Waals surface area contributed by atoms with Crippen LogP contribution < -0.4 is 10.6 Å². The summed E-state index contributed by atoms with van der Waals surface area (Å²) >= 11 is 1.78. The summed E-state index contributed by atoms with van der Waals surface area (Å²) in [4.78, 5) is 8.41. The van der Waals surface area contributed by atoms with E-state index in [1.54, 1.807) is 17.5 Å². The van der Waals surface area contributed by atoms with Crippen molar-refractivity contribution in [2.24, 2.45) is 0 Å². The molecule has 0 spiro atoms. The van der Waals surface area contributed by atoms with Crippen molar-refractivity contribution in [3.05, 3.63) is 75.6 Å². The standard InChI is InChI=1S/C30H33N5OS/c1-21-4-7-28(22(2)14-21)34-30-25(17-31)18-33-29-16-23(5-6-27(29)30)24-15-26(37-20-24)19-32-8-3-9-35-10-12-36-13-11-35/h4-7,14-16,18,20,32H,3,8-13,19H2,1-2H3,(H,33,34). The third-order valence-electron chi connectivity index (χ3n) is 6.85. The highest BCUT2D eigenvalue weighted by molar-refractivity contribution is 7.10. The highest BCUT2D eigenvalue weighted by atomic mass is 32.1. The first-order valence-electron chi connectivity index (χ1n) is 12.9. The van der Waals surface area contributed by atoms with Crippen molar-refractivity contribution in [3.63, 3.8) is 0 Å². The second-order valence-electron chi connectivity index (χ2n) is 9.62. The van der Waals surface area contributed by atoms with E-state index in [4.69, 9.17) is 4.74 Å². The minimum absolute atomic E-state index is 0.540. The minimum atomic E-state index is 0.540. The summed E-state index contributed by atoms with van der Waals surface area (Å²) in [5.41, 5.74) is 7.91. The van der Waals surface area contributed by atoms with E-state index in [0.717, 1.165) is 85.8 Å². The van der Waals surface area contributed by atoms with E-state index < -0.39 is 0 Å². The quantitative estimate of drug-likeness (QED) is 0.268. The lowest BCUT2D eigenvalue weighted by molar-refractivity contribution is 0.0374. The first kappa shape index (κ1) is 25.4. The van der Waals surface area contributed by atoms with Gasteiger partial charge >= 0.3 is 0 Å². The molecule has 2 aromatic heterocycles. The highest BCUT2D eigenvalue weighted by Crippen LogP contribution is 2.34.